The fraction of sp³-hybridized carbons (Fsp3) is 0.690. The lowest BCUT2D eigenvalue weighted by Crippen LogP contribution is -2.59. The molecular weight excluding hydrogens is 538 g/mol. The predicted octanol–water partition coefficient (Wildman–Crippen LogP) is 1.91. The maximum absolute atomic E-state index is 13.2. The molecule has 1 N–H and O–H groups in total. The Hall–Kier alpha value is -2.13. The Kier molecular flexibility index (Phi) is 14.4. The number of methoxy groups -OCH3 is 6. The number of carbonyl (C=O) groups is 1. The number of hydrogen-bond donors (Lipinski definition) is 1. The van der Waals surface area contributed by atoms with E-state index >= 15 is 0 Å². The number of benzene rings is 1. The highest BCUT2D eigenvalue weighted by Gasteiger charge is 2.49. The third-order valence-electron chi connectivity index (χ3n) is 7.36. The zero-order chi connectivity index (χ0) is 29.6. The molecule has 12 nitrogen and oxygen atoms in total. The van der Waals surface area contributed by atoms with E-state index in [9.17, 15) is 4.79 Å². The summed E-state index contributed by atoms with van der Waals surface area (Å²) in [5.74, 6) is 0. The summed E-state index contributed by atoms with van der Waals surface area (Å²) in [6.07, 6.45) is -2.30. The van der Waals surface area contributed by atoms with Gasteiger partial charge in [0.1, 0.15) is 48.8 Å². The molecule has 1 saturated heterocycles. The van der Waals surface area contributed by atoms with Gasteiger partial charge in [0.2, 0.25) is 0 Å². The molecule has 2 aliphatic heterocycles. The molecule has 0 aromatic heterocycles. The van der Waals surface area contributed by atoms with Crippen LogP contribution in [-0.2, 0) is 47.4 Å². The molecule has 12 heteroatoms. The Bertz CT molecular complexity index is 904. The van der Waals surface area contributed by atoms with Crippen molar-refractivity contribution in [3.8, 4) is 0 Å². The summed E-state index contributed by atoms with van der Waals surface area (Å²) in [6, 6.07) is 9.71. The highest BCUT2D eigenvalue weighted by atomic mass is 16.6. The minimum atomic E-state index is -0.833. The molecule has 0 saturated carbocycles. The summed E-state index contributed by atoms with van der Waals surface area (Å²) < 4.78 is 58.6. The Balaban J connectivity index is 1.87. The first-order valence-electron chi connectivity index (χ1n) is 13.6. The maximum Gasteiger partial charge on any atom is 0.407 e. The average Bonchev–Trinajstić information content (AvgIpc) is 3.00. The third-order valence-corrected chi connectivity index (χ3v) is 7.36. The van der Waals surface area contributed by atoms with Gasteiger partial charge in [-0.1, -0.05) is 42.5 Å². The second kappa shape index (κ2) is 17.7. The second-order valence-electron chi connectivity index (χ2n) is 9.65. The zero-order valence-electron chi connectivity index (χ0n) is 24.8. The van der Waals surface area contributed by atoms with Gasteiger partial charge < -0.3 is 52.7 Å². The van der Waals surface area contributed by atoms with Gasteiger partial charge in [0.15, 0.2) is 6.10 Å². The minimum absolute atomic E-state index is 0.0699. The number of hydrogen-bond acceptors (Lipinski definition) is 11. The highest BCUT2D eigenvalue weighted by molar-refractivity contribution is 5.67. The van der Waals surface area contributed by atoms with E-state index in [0.717, 1.165) is 5.56 Å². The van der Waals surface area contributed by atoms with Crippen LogP contribution in [0.25, 0.3) is 0 Å². The van der Waals surface area contributed by atoms with Gasteiger partial charge in [0, 0.05) is 49.2 Å². The number of carbonyl (C=O) groups excluding carboxylic acids is 1. The number of amides is 1. The summed E-state index contributed by atoms with van der Waals surface area (Å²) >= 11 is 0. The van der Waals surface area contributed by atoms with E-state index in [1.807, 2.05) is 42.5 Å². The molecule has 1 amide bonds. The van der Waals surface area contributed by atoms with Crippen molar-refractivity contribution in [2.75, 3.05) is 75.6 Å². The Morgan fingerprint density at radius 1 is 0.707 bits per heavy atom. The van der Waals surface area contributed by atoms with Crippen LogP contribution in [0.15, 0.2) is 42.5 Å². The van der Waals surface area contributed by atoms with E-state index < -0.39 is 61.0 Å². The van der Waals surface area contributed by atoms with Crippen molar-refractivity contribution >= 4 is 6.09 Å². The van der Waals surface area contributed by atoms with Crippen LogP contribution in [0.2, 0.25) is 0 Å². The minimum Gasteiger partial charge on any atom is -0.440 e. The van der Waals surface area contributed by atoms with Crippen molar-refractivity contribution in [2.45, 2.75) is 54.9 Å². The summed E-state index contributed by atoms with van der Waals surface area (Å²) in [5.41, 5.74) is 0.913. The molecule has 0 aliphatic carbocycles. The Labute approximate surface area is 242 Å². The van der Waals surface area contributed by atoms with Crippen molar-refractivity contribution in [3.05, 3.63) is 48.0 Å². The van der Waals surface area contributed by atoms with Crippen LogP contribution < -0.4 is 5.32 Å². The standard InChI is InChI=1S/C29H45NO11/c1-32-20-16-30-29(31)41-26-22(40-23(19-12-8-7-9-13-19)27(36-5)28(26)37-6)18-39-15-11-10-14-38-17-21(33-2)25(35-4)24(20)34-3/h7-13,20-28H,14-18H2,1-6H3,(H,30,31)/b11-10-/t20?,21-,22-,23+,24-,25?,26-,27+,28+/m1/s1. The SMILES string of the molecule is COC1CNC(=O)O[C@H]2[C@H](OC)[C@@H](OC)[C@H](c3ccccc3)O[C@@H]2COC/C=C\COC[C@@H](OC)C(OC)[C@@H]1OC. The van der Waals surface area contributed by atoms with Gasteiger partial charge in [-0.25, -0.2) is 4.79 Å². The summed E-state index contributed by atoms with van der Waals surface area (Å²) in [7, 11) is 9.34. The lowest BCUT2D eigenvalue weighted by atomic mass is 9.90. The monoisotopic (exact) mass is 583 g/mol. The van der Waals surface area contributed by atoms with Crippen molar-refractivity contribution in [3.63, 3.8) is 0 Å². The van der Waals surface area contributed by atoms with Gasteiger partial charge in [-0.15, -0.1) is 0 Å². The van der Waals surface area contributed by atoms with Crippen LogP contribution in [-0.4, -0.2) is 131 Å². The smallest absolute Gasteiger partial charge is 0.407 e. The first kappa shape index (κ1) is 33.4. The summed E-state index contributed by atoms with van der Waals surface area (Å²) in [4.78, 5) is 13.2. The average molecular weight is 584 g/mol. The van der Waals surface area contributed by atoms with E-state index in [-0.39, 0.29) is 19.8 Å². The van der Waals surface area contributed by atoms with Crippen LogP contribution >= 0.6 is 0 Å². The van der Waals surface area contributed by atoms with Gasteiger partial charge in [-0.3, -0.25) is 0 Å². The van der Waals surface area contributed by atoms with E-state index in [4.69, 9.17) is 47.4 Å². The molecule has 0 spiro atoms. The van der Waals surface area contributed by atoms with Gasteiger partial charge in [0.25, 0.3) is 0 Å². The van der Waals surface area contributed by atoms with E-state index in [1.54, 1.807) is 35.5 Å². The van der Waals surface area contributed by atoms with Gasteiger partial charge >= 0.3 is 6.09 Å². The van der Waals surface area contributed by atoms with Crippen LogP contribution in [0.5, 0.6) is 0 Å². The maximum atomic E-state index is 13.2. The van der Waals surface area contributed by atoms with E-state index in [0.29, 0.717) is 13.2 Å². The van der Waals surface area contributed by atoms with Gasteiger partial charge in [0.05, 0.1) is 26.4 Å². The molecule has 3 rings (SSSR count). The van der Waals surface area contributed by atoms with E-state index in [2.05, 4.69) is 5.32 Å². The van der Waals surface area contributed by atoms with Gasteiger partial charge in [-0.05, 0) is 5.56 Å². The molecule has 0 radical (unpaired) electrons. The molecule has 41 heavy (non-hydrogen) atoms. The molecule has 0 bridgehead atoms. The fourth-order valence-corrected chi connectivity index (χ4v) is 5.24. The van der Waals surface area contributed by atoms with Gasteiger partial charge in [-0.2, -0.15) is 0 Å². The van der Waals surface area contributed by atoms with Crippen molar-refractivity contribution in [1.29, 1.82) is 0 Å². The second-order valence-corrected chi connectivity index (χ2v) is 9.65. The molecule has 232 valence electrons. The molecule has 1 aromatic carbocycles. The van der Waals surface area contributed by atoms with Crippen LogP contribution in [0.4, 0.5) is 4.79 Å². The normalized spacial score (nSPS) is 35.3. The molecular formula is C29H45NO11. The number of rotatable bonds is 7. The molecule has 2 aliphatic rings. The van der Waals surface area contributed by atoms with Crippen LogP contribution in [0.3, 0.4) is 0 Å². The topological polar surface area (TPSA) is 121 Å². The van der Waals surface area contributed by atoms with Crippen molar-refractivity contribution in [1.82, 2.24) is 5.32 Å². The lowest BCUT2D eigenvalue weighted by molar-refractivity contribution is -0.246. The quantitative estimate of drug-likeness (QED) is 0.474. The number of alkyl carbamates (subject to hydrolysis) is 1. The third kappa shape index (κ3) is 8.93. The lowest BCUT2D eigenvalue weighted by Gasteiger charge is -2.45. The molecule has 9 atom stereocenters. The predicted molar refractivity (Wildman–Crippen MR) is 148 cm³/mol. The largest absolute Gasteiger partial charge is 0.440 e. The Morgan fingerprint density at radius 2 is 1.29 bits per heavy atom. The van der Waals surface area contributed by atoms with Crippen molar-refractivity contribution in [2.24, 2.45) is 0 Å². The molecule has 2 heterocycles. The zero-order valence-corrected chi connectivity index (χ0v) is 24.8. The number of fused-ring (bicyclic) bond motifs is 1. The number of ether oxygens (including phenoxy) is 10. The summed E-state index contributed by atoms with van der Waals surface area (Å²) in [6.45, 7) is 1.13. The first-order valence-corrected chi connectivity index (χ1v) is 13.6. The summed E-state index contributed by atoms with van der Waals surface area (Å²) in [5, 5.41) is 2.79. The van der Waals surface area contributed by atoms with Crippen LogP contribution in [0.1, 0.15) is 11.7 Å². The highest BCUT2D eigenvalue weighted by Crippen LogP contribution is 2.36. The number of nitrogens with one attached hydrogen (secondary N) is 1. The first-order chi connectivity index (χ1) is 20.0. The molecule has 1 aromatic rings. The fourth-order valence-electron chi connectivity index (χ4n) is 5.24. The van der Waals surface area contributed by atoms with E-state index in [1.165, 1.54) is 7.11 Å². The van der Waals surface area contributed by atoms with Crippen molar-refractivity contribution < 1.29 is 52.2 Å². The Morgan fingerprint density at radius 3 is 1.88 bits per heavy atom. The molecule has 1 fully saturated rings. The van der Waals surface area contributed by atoms with Crippen LogP contribution in [0, 0.1) is 0 Å². The molecule has 2 unspecified atom stereocenters.